The largest absolute Gasteiger partial charge is 0.397 e. The predicted octanol–water partition coefficient (Wildman–Crippen LogP) is 1.55. The van der Waals surface area contributed by atoms with Crippen molar-refractivity contribution in [1.82, 2.24) is 15.3 Å². The molecule has 5 nitrogen and oxygen atoms in total. The molecule has 2 heterocycles. The lowest BCUT2D eigenvalue weighted by atomic mass is 10.1. The summed E-state index contributed by atoms with van der Waals surface area (Å²) in [5.41, 5.74) is 7.40. The average molecular weight is 242 g/mol. The molecular formula is C13H14N4O. The number of carbonyl (C=O) groups excluding carboxylic acids is 1. The minimum Gasteiger partial charge on any atom is -0.397 e. The molecule has 2 aromatic heterocycles. The topological polar surface area (TPSA) is 80.9 Å². The maximum atomic E-state index is 11.9. The monoisotopic (exact) mass is 242 g/mol. The summed E-state index contributed by atoms with van der Waals surface area (Å²) in [4.78, 5) is 19.8. The molecule has 0 saturated carbocycles. The Balaban J connectivity index is 2.06. The van der Waals surface area contributed by atoms with Gasteiger partial charge in [-0.05, 0) is 36.8 Å². The molecule has 0 aromatic carbocycles. The summed E-state index contributed by atoms with van der Waals surface area (Å²) in [7, 11) is 0. The number of nitrogens with zero attached hydrogens (tertiary/aromatic N) is 2. The fraction of sp³-hybridized carbons (Fsp3) is 0.154. The van der Waals surface area contributed by atoms with Gasteiger partial charge in [0.1, 0.15) is 5.69 Å². The van der Waals surface area contributed by atoms with Crippen molar-refractivity contribution in [3.05, 3.63) is 54.1 Å². The van der Waals surface area contributed by atoms with E-state index in [9.17, 15) is 4.79 Å². The first-order chi connectivity index (χ1) is 8.66. The van der Waals surface area contributed by atoms with Crippen molar-refractivity contribution in [2.24, 2.45) is 0 Å². The van der Waals surface area contributed by atoms with Crippen LogP contribution in [-0.2, 0) is 0 Å². The average Bonchev–Trinajstić information content (AvgIpc) is 2.40. The van der Waals surface area contributed by atoms with E-state index in [4.69, 9.17) is 5.73 Å². The summed E-state index contributed by atoms with van der Waals surface area (Å²) in [6.45, 7) is 1.91. The minimum atomic E-state index is -0.223. The highest BCUT2D eigenvalue weighted by Crippen LogP contribution is 2.11. The summed E-state index contributed by atoms with van der Waals surface area (Å²) in [6, 6.07) is 6.88. The van der Waals surface area contributed by atoms with Crippen LogP contribution in [0.25, 0.3) is 0 Å². The van der Waals surface area contributed by atoms with Gasteiger partial charge >= 0.3 is 0 Å². The number of amides is 1. The van der Waals surface area contributed by atoms with Gasteiger partial charge in [0, 0.05) is 12.4 Å². The second kappa shape index (κ2) is 5.27. The van der Waals surface area contributed by atoms with Gasteiger partial charge in [-0.25, -0.2) is 4.98 Å². The van der Waals surface area contributed by atoms with E-state index in [1.807, 2.05) is 19.1 Å². The Morgan fingerprint density at radius 1 is 1.28 bits per heavy atom. The maximum absolute atomic E-state index is 11.9. The van der Waals surface area contributed by atoms with Crippen LogP contribution in [0.15, 0.2) is 42.9 Å². The number of rotatable bonds is 3. The Morgan fingerprint density at radius 2 is 2.00 bits per heavy atom. The number of nitrogens with two attached hydrogens (primary N) is 1. The van der Waals surface area contributed by atoms with Crippen molar-refractivity contribution >= 4 is 11.6 Å². The minimum absolute atomic E-state index is 0.0974. The number of carbonyl (C=O) groups is 1. The van der Waals surface area contributed by atoms with E-state index in [0.717, 1.165) is 5.56 Å². The fourth-order valence-corrected chi connectivity index (χ4v) is 1.55. The molecule has 0 bridgehead atoms. The van der Waals surface area contributed by atoms with Gasteiger partial charge in [0.25, 0.3) is 5.91 Å². The van der Waals surface area contributed by atoms with Gasteiger partial charge in [-0.1, -0.05) is 0 Å². The summed E-state index contributed by atoms with van der Waals surface area (Å²) in [6.07, 6.45) is 4.85. The molecule has 0 radical (unpaired) electrons. The lowest BCUT2D eigenvalue weighted by Gasteiger charge is -2.13. The number of nitrogens with one attached hydrogen (secondary N) is 1. The smallest absolute Gasteiger partial charge is 0.270 e. The van der Waals surface area contributed by atoms with E-state index in [1.165, 1.54) is 6.20 Å². The molecule has 0 aliphatic heterocycles. The highest BCUT2D eigenvalue weighted by Gasteiger charge is 2.11. The Labute approximate surface area is 105 Å². The Kier molecular flexibility index (Phi) is 3.52. The highest BCUT2D eigenvalue weighted by atomic mass is 16.1. The van der Waals surface area contributed by atoms with E-state index in [0.29, 0.717) is 11.4 Å². The van der Waals surface area contributed by atoms with Crippen LogP contribution in [0, 0.1) is 0 Å². The van der Waals surface area contributed by atoms with Crippen molar-refractivity contribution < 1.29 is 4.79 Å². The van der Waals surface area contributed by atoms with Crippen LogP contribution in [0.1, 0.15) is 29.0 Å². The zero-order chi connectivity index (χ0) is 13.0. The second-order valence-electron chi connectivity index (χ2n) is 3.95. The molecule has 3 N–H and O–H groups in total. The molecular weight excluding hydrogens is 228 g/mol. The first-order valence-corrected chi connectivity index (χ1v) is 5.59. The summed E-state index contributed by atoms with van der Waals surface area (Å²) >= 11 is 0. The summed E-state index contributed by atoms with van der Waals surface area (Å²) < 4.78 is 0. The quantitative estimate of drug-likeness (QED) is 0.855. The molecule has 0 spiro atoms. The van der Waals surface area contributed by atoms with Gasteiger partial charge in [-0.3, -0.25) is 9.78 Å². The Hall–Kier alpha value is -2.43. The first kappa shape index (κ1) is 12.0. The van der Waals surface area contributed by atoms with Crippen molar-refractivity contribution in [3.63, 3.8) is 0 Å². The third kappa shape index (κ3) is 2.82. The van der Waals surface area contributed by atoms with E-state index < -0.39 is 0 Å². The number of anilines is 1. The maximum Gasteiger partial charge on any atom is 0.270 e. The second-order valence-corrected chi connectivity index (χ2v) is 3.95. The molecule has 0 aliphatic carbocycles. The fourth-order valence-electron chi connectivity index (χ4n) is 1.55. The van der Waals surface area contributed by atoms with E-state index in [2.05, 4.69) is 15.3 Å². The zero-order valence-electron chi connectivity index (χ0n) is 10.00. The lowest BCUT2D eigenvalue weighted by Crippen LogP contribution is -2.27. The predicted molar refractivity (Wildman–Crippen MR) is 68.8 cm³/mol. The van der Waals surface area contributed by atoms with Gasteiger partial charge in [-0.2, -0.15) is 0 Å². The number of hydrogen-bond acceptors (Lipinski definition) is 4. The van der Waals surface area contributed by atoms with Crippen LogP contribution >= 0.6 is 0 Å². The van der Waals surface area contributed by atoms with E-state index >= 15 is 0 Å². The molecule has 2 rings (SSSR count). The molecule has 0 unspecified atom stereocenters. The summed E-state index contributed by atoms with van der Waals surface area (Å²) in [5.74, 6) is -0.223. The van der Waals surface area contributed by atoms with Crippen LogP contribution < -0.4 is 11.1 Å². The standard InChI is InChI=1S/C13H14N4O/c1-9(10-4-6-15-7-5-10)17-13(18)12-3-2-11(14)8-16-12/h2-9H,14H2,1H3,(H,17,18)/t9-/m1/s1. The Bertz CT molecular complexity index is 524. The van der Waals surface area contributed by atoms with E-state index in [-0.39, 0.29) is 11.9 Å². The zero-order valence-corrected chi connectivity index (χ0v) is 10.00. The summed E-state index contributed by atoms with van der Waals surface area (Å²) in [5, 5.41) is 2.86. The third-order valence-corrected chi connectivity index (χ3v) is 2.57. The molecule has 18 heavy (non-hydrogen) atoms. The van der Waals surface area contributed by atoms with Crippen LogP contribution in [-0.4, -0.2) is 15.9 Å². The van der Waals surface area contributed by atoms with E-state index in [1.54, 1.807) is 24.5 Å². The molecule has 2 aromatic rings. The SMILES string of the molecule is C[C@@H](NC(=O)c1ccc(N)cn1)c1ccncc1. The Morgan fingerprint density at radius 3 is 2.61 bits per heavy atom. The van der Waals surface area contributed by atoms with Crippen molar-refractivity contribution in [2.75, 3.05) is 5.73 Å². The molecule has 1 atom stereocenters. The van der Waals surface area contributed by atoms with Crippen molar-refractivity contribution in [1.29, 1.82) is 0 Å². The van der Waals surface area contributed by atoms with Gasteiger partial charge in [-0.15, -0.1) is 0 Å². The van der Waals surface area contributed by atoms with Crippen LogP contribution in [0.5, 0.6) is 0 Å². The van der Waals surface area contributed by atoms with Crippen LogP contribution in [0.4, 0.5) is 5.69 Å². The first-order valence-electron chi connectivity index (χ1n) is 5.59. The third-order valence-electron chi connectivity index (χ3n) is 2.57. The van der Waals surface area contributed by atoms with Gasteiger partial charge < -0.3 is 11.1 Å². The number of hydrogen-bond donors (Lipinski definition) is 2. The van der Waals surface area contributed by atoms with Crippen LogP contribution in [0.3, 0.4) is 0 Å². The van der Waals surface area contributed by atoms with Crippen LogP contribution in [0.2, 0.25) is 0 Å². The number of aromatic nitrogens is 2. The number of nitrogen functional groups attached to an aromatic ring is 1. The molecule has 0 aliphatic rings. The van der Waals surface area contributed by atoms with Crippen molar-refractivity contribution in [3.8, 4) is 0 Å². The van der Waals surface area contributed by atoms with Gasteiger partial charge in [0.2, 0.25) is 0 Å². The molecule has 92 valence electrons. The molecule has 0 saturated heterocycles. The van der Waals surface area contributed by atoms with Gasteiger partial charge in [0.05, 0.1) is 17.9 Å². The van der Waals surface area contributed by atoms with Crippen molar-refractivity contribution in [2.45, 2.75) is 13.0 Å². The lowest BCUT2D eigenvalue weighted by molar-refractivity contribution is 0.0935. The highest BCUT2D eigenvalue weighted by molar-refractivity contribution is 5.92. The number of pyridine rings is 2. The molecule has 5 heteroatoms. The molecule has 0 fully saturated rings. The normalized spacial score (nSPS) is 11.8. The van der Waals surface area contributed by atoms with Gasteiger partial charge in [0.15, 0.2) is 0 Å². The molecule has 1 amide bonds.